The van der Waals surface area contributed by atoms with Crippen LogP contribution in [0, 0.1) is 0 Å². The molecule has 0 radical (unpaired) electrons. The Kier molecular flexibility index (Phi) is 3.81. The van der Waals surface area contributed by atoms with Crippen LogP contribution < -0.4 is 4.74 Å². The first-order valence-electron chi connectivity index (χ1n) is 5.47. The molecule has 0 saturated carbocycles. The van der Waals surface area contributed by atoms with E-state index < -0.39 is 5.97 Å². The van der Waals surface area contributed by atoms with E-state index in [0.717, 1.165) is 9.86 Å². The number of hydrogen-bond donors (Lipinski definition) is 0. The van der Waals surface area contributed by atoms with Crippen molar-refractivity contribution < 1.29 is 14.3 Å². The maximum absolute atomic E-state index is 11.7. The average Bonchev–Trinajstić information content (AvgIpc) is 2.38. The Morgan fingerprint density at radius 3 is 2.89 bits per heavy atom. The van der Waals surface area contributed by atoms with Gasteiger partial charge in [-0.25, -0.2) is 9.78 Å². The zero-order chi connectivity index (χ0) is 13.1. The van der Waals surface area contributed by atoms with Gasteiger partial charge in [-0.15, -0.1) is 0 Å². The second-order valence-electron chi connectivity index (χ2n) is 3.56. The summed E-state index contributed by atoms with van der Waals surface area (Å²) in [5, 5.41) is 0.841. The van der Waals surface area contributed by atoms with E-state index in [0.29, 0.717) is 17.9 Å². The summed E-state index contributed by atoms with van der Waals surface area (Å²) in [5.41, 5.74) is 0.969. The molecular formula is C13H12BrNO3. The van der Waals surface area contributed by atoms with Crippen molar-refractivity contribution in [3.05, 3.63) is 34.4 Å². The molecule has 0 atom stereocenters. The largest absolute Gasteiger partial charge is 0.496 e. The van der Waals surface area contributed by atoms with E-state index >= 15 is 0 Å². The van der Waals surface area contributed by atoms with Crippen molar-refractivity contribution >= 4 is 32.8 Å². The Morgan fingerprint density at radius 1 is 1.44 bits per heavy atom. The van der Waals surface area contributed by atoms with Gasteiger partial charge in [0.2, 0.25) is 0 Å². The average molecular weight is 310 g/mol. The molecule has 0 saturated heterocycles. The Hall–Kier alpha value is -1.62. The number of benzene rings is 1. The van der Waals surface area contributed by atoms with E-state index in [1.54, 1.807) is 20.1 Å². The van der Waals surface area contributed by atoms with Crippen molar-refractivity contribution in [3.8, 4) is 5.75 Å². The van der Waals surface area contributed by atoms with Crippen molar-refractivity contribution in [2.75, 3.05) is 13.7 Å². The van der Waals surface area contributed by atoms with Gasteiger partial charge in [0.25, 0.3) is 0 Å². The molecule has 0 bridgehead atoms. The summed E-state index contributed by atoms with van der Waals surface area (Å²) in [4.78, 5) is 15.9. The molecule has 18 heavy (non-hydrogen) atoms. The van der Waals surface area contributed by atoms with Crippen LogP contribution in [-0.2, 0) is 4.74 Å². The van der Waals surface area contributed by atoms with Gasteiger partial charge < -0.3 is 9.47 Å². The minimum atomic E-state index is -0.428. The van der Waals surface area contributed by atoms with Gasteiger partial charge in [0.05, 0.1) is 24.6 Å². The fourth-order valence-corrected chi connectivity index (χ4v) is 2.30. The van der Waals surface area contributed by atoms with Gasteiger partial charge >= 0.3 is 5.97 Å². The van der Waals surface area contributed by atoms with Gasteiger partial charge in [-0.1, -0.05) is 6.07 Å². The van der Waals surface area contributed by atoms with Gasteiger partial charge in [0, 0.05) is 4.47 Å². The number of carbonyl (C=O) groups is 1. The van der Waals surface area contributed by atoms with Crippen LogP contribution in [0.15, 0.2) is 28.7 Å². The third kappa shape index (κ3) is 2.31. The normalized spacial score (nSPS) is 10.4. The van der Waals surface area contributed by atoms with Gasteiger partial charge in [0.15, 0.2) is 0 Å². The lowest BCUT2D eigenvalue weighted by atomic mass is 10.2. The molecule has 2 rings (SSSR count). The molecule has 1 aromatic heterocycles. The highest BCUT2D eigenvalue weighted by Crippen LogP contribution is 2.31. The quantitative estimate of drug-likeness (QED) is 0.817. The molecule has 5 heteroatoms. The molecule has 0 N–H and O–H groups in total. The first-order valence-corrected chi connectivity index (χ1v) is 6.27. The number of rotatable bonds is 3. The van der Waals surface area contributed by atoms with E-state index in [-0.39, 0.29) is 5.69 Å². The molecule has 0 unspecified atom stereocenters. The van der Waals surface area contributed by atoms with Crippen LogP contribution in [0.1, 0.15) is 17.4 Å². The smallest absolute Gasteiger partial charge is 0.356 e. The third-order valence-electron chi connectivity index (χ3n) is 2.45. The highest BCUT2D eigenvalue weighted by molar-refractivity contribution is 9.10. The molecule has 0 spiro atoms. The van der Waals surface area contributed by atoms with Crippen molar-refractivity contribution in [2.24, 2.45) is 0 Å². The topological polar surface area (TPSA) is 48.4 Å². The maximum atomic E-state index is 11.7. The van der Waals surface area contributed by atoms with Crippen LogP contribution in [0.2, 0.25) is 0 Å². The van der Waals surface area contributed by atoms with Gasteiger partial charge in [0.1, 0.15) is 11.4 Å². The van der Waals surface area contributed by atoms with Crippen molar-refractivity contribution in [1.29, 1.82) is 0 Å². The number of ether oxygens (including phenoxy) is 2. The van der Waals surface area contributed by atoms with E-state index in [9.17, 15) is 4.79 Å². The zero-order valence-electron chi connectivity index (χ0n) is 10.1. The SMILES string of the molecule is CCOC(=O)c1cc(Br)c2c(OC)cccc2n1. The Labute approximate surface area is 113 Å². The molecule has 0 aliphatic rings. The predicted octanol–water partition coefficient (Wildman–Crippen LogP) is 3.18. The summed E-state index contributed by atoms with van der Waals surface area (Å²) in [6, 6.07) is 7.14. The Morgan fingerprint density at radius 2 is 2.22 bits per heavy atom. The molecule has 0 aliphatic heterocycles. The lowest BCUT2D eigenvalue weighted by Crippen LogP contribution is -2.07. The Balaban J connectivity index is 2.60. The molecular weight excluding hydrogens is 298 g/mol. The number of fused-ring (bicyclic) bond motifs is 1. The summed E-state index contributed by atoms with van der Waals surface area (Å²) < 4.78 is 11.0. The van der Waals surface area contributed by atoms with Gasteiger partial charge in [-0.2, -0.15) is 0 Å². The minimum Gasteiger partial charge on any atom is -0.496 e. The predicted molar refractivity (Wildman–Crippen MR) is 72.0 cm³/mol. The molecule has 1 heterocycles. The standard InChI is InChI=1S/C13H12BrNO3/c1-3-18-13(16)10-7-8(14)12-9(15-10)5-4-6-11(12)17-2/h4-7H,3H2,1-2H3. The number of methoxy groups -OCH3 is 1. The molecule has 94 valence electrons. The van der Waals surface area contributed by atoms with Crippen LogP contribution >= 0.6 is 15.9 Å². The van der Waals surface area contributed by atoms with Crippen molar-refractivity contribution in [1.82, 2.24) is 4.98 Å². The lowest BCUT2D eigenvalue weighted by Gasteiger charge is -2.08. The fraction of sp³-hybridized carbons (Fsp3) is 0.231. The zero-order valence-corrected chi connectivity index (χ0v) is 11.7. The monoisotopic (exact) mass is 309 g/mol. The summed E-state index contributed by atoms with van der Waals surface area (Å²) in [6.07, 6.45) is 0. The number of carbonyl (C=O) groups excluding carboxylic acids is 1. The molecule has 0 fully saturated rings. The Bertz CT molecular complexity index is 598. The molecule has 2 aromatic rings. The third-order valence-corrected chi connectivity index (χ3v) is 3.08. The van der Waals surface area contributed by atoms with Gasteiger partial charge in [-0.3, -0.25) is 0 Å². The van der Waals surface area contributed by atoms with E-state index in [1.807, 2.05) is 18.2 Å². The summed E-state index contributed by atoms with van der Waals surface area (Å²) >= 11 is 3.43. The number of hydrogen-bond acceptors (Lipinski definition) is 4. The number of pyridine rings is 1. The van der Waals surface area contributed by atoms with E-state index in [1.165, 1.54) is 0 Å². The lowest BCUT2D eigenvalue weighted by molar-refractivity contribution is 0.0520. The summed E-state index contributed by atoms with van der Waals surface area (Å²) in [6.45, 7) is 2.09. The van der Waals surface area contributed by atoms with E-state index in [4.69, 9.17) is 9.47 Å². The molecule has 4 nitrogen and oxygen atoms in total. The minimum absolute atomic E-state index is 0.282. The van der Waals surface area contributed by atoms with Crippen LogP contribution in [0.4, 0.5) is 0 Å². The highest BCUT2D eigenvalue weighted by atomic mass is 79.9. The first kappa shape index (κ1) is 12.8. The van der Waals surface area contributed by atoms with Crippen LogP contribution in [0.5, 0.6) is 5.75 Å². The second kappa shape index (κ2) is 5.35. The second-order valence-corrected chi connectivity index (χ2v) is 4.42. The van der Waals surface area contributed by atoms with E-state index in [2.05, 4.69) is 20.9 Å². The number of nitrogens with zero attached hydrogens (tertiary/aromatic N) is 1. The number of esters is 1. The number of halogens is 1. The number of aromatic nitrogens is 1. The van der Waals surface area contributed by atoms with Crippen LogP contribution in [-0.4, -0.2) is 24.7 Å². The van der Waals surface area contributed by atoms with Gasteiger partial charge in [-0.05, 0) is 41.1 Å². The van der Waals surface area contributed by atoms with Crippen LogP contribution in [0.3, 0.4) is 0 Å². The molecule has 0 aliphatic carbocycles. The van der Waals surface area contributed by atoms with Crippen molar-refractivity contribution in [2.45, 2.75) is 6.92 Å². The highest BCUT2D eigenvalue weighted by Gasteiger charge is 2.14. The fourth-order valence-electron chi connectivity index (χ4n) is 1.69. The summed E-state index contributed by atoms with van der Waals surface area (Å²) in [7, 11) is 1.60. The maximum Gasteiger partial charge on any atom is 0.356 e. The molecule has 1 aromatic carbocycles. The first-order chi connectivity index (χ1) is 8.67. The van der Waals surface area contributed by atoms with Crippen LogP contribution in [0.25, 0.3) is 10.9 Å². The molecule has 0 amide bonds. The summed E-state index contributed by atoms with van der Waals surface area (Å²) in [5.74, 6) is 0.283. The van der Waals surface area contributed by atoms with Crippen molar-refractivity contribution in [3.63, 3.8) is 0 Å².